The van der Waals surface area contributed by atoms with Crippen molar-refractivity contribution in [1.29, 1.82) is 0 Å². The molecule has 0 spiro atoms. The third-order valence-corrected chi connectivity index (χ3v) is 6.15. The summed E-state index contributed by atoms with van der Waals surface area (Å²) in [6, 6.07) is 9.91. The Kier molecular flexibility index (Phi) is 9.60. The zero-order valence-corrected chi connectivity index (χ0v) is 16.6. The van der Waals surface area contributed by atoms with Gasteiger partial charge in [-0.2, -0.15) is 0 Å². The van der Waals surface area contributed by atoms with E-state index in [1.807, 2.05) is 30.3 Å². The van der Waals surface area contributed by atoms with Gasteiger partial charge in [0.05, 0.1) is 0 Å². The Labute approximate surface area is 155 Å². The Balaban J connectivity index is 2.67. The lowest BCUT2D eigenvalue weighted by Crippen LogP contribution is -2.27. The molecule has 0 fully saturated rings. The van der Waals surface area contributed by atoms with Crippen molar-refractivity contribution in [3.8, 4) is 0 Å². The van der Waals surface area contributed by atoms with E-state index in [4.69, 9.17) is 14.4 Å². The zero-order chi connectivity index (χ0) is 19.6. The van der Waals surface area contributed by atoms with Crippen LogP contribution in [0.5, 0.6) is 0 Å². The molecule has 6 nitrogen and oxygen atoms in total. The van der Waals surface area contributed by atoms with Crippen molar-refractivity contribution in [2.75, 3.05) is 12.3 Å². The van der Waals surface area contributed by atoms with Crippen LogP contribution in [0.1, 0.15) is 45.6 Å². The first kappa shape index (κ1) is 22.4. The number of benzene rings is 1. The monoisotopic (exact) mass is 384 g/mol. The Morgan fingerprint density at radius 1 is 1.15 bits per heavy atom. The van der Waals surface area contributed by atoms with E-state index in [0.29, 0.717) is 6.42 Å². The molecule has 0 aromatic heterocycles. The number of carbonyl (C=O) groups excluding carboxylic acids is 1. The van der Waals surface area contributed by atoms with Crippen molar-refractivity contribution in [2.45, 2.75) is 52.7 Å². The van der Waals surface area contributed by atoms with Crippen LogP contribution in [0.15, 0.2) is 30.3 Å². The van der Waals surface area contributed by atoms with E-state index < -0.39 is 31.8 Å². The predicted octanol–water partition coefficient (Wildman–Crippen LogP) is 4.32. The van der Waals surface area contributed by atoms with Gasteiger partial charge in [-0.15, -0.1) is 0 Å². The van der Waals surface area contributed by atoms with E-state index in [2.05, 4.69) is 0 Å². The summed E-state index contributed by atoms with van der Waals surface area (Å²) in [6.45, 7) is 5.20. The fraction of sp³-hybridized carbons (Fsp3) is 0.579. The third kappa shape index (κ3) is 8.63. The largest absolute Gasteiger partial charge is 0.481 e. The number of carboxylic acid groups (broad SMARTS) is 1. The second-order valence-corrected chi connectivity index (χ2v) is 9.20. The SMILES string of the molecule is CCC(=O)O[C@@H](O[P@@](=O)(CCCCc1ccccc1)CC(=O)O)C(C)C. The summed E-state index contributed by atoms with van der Waals surface area (Å²) in [7, 11) is -3.45. The third-order valence-electron chi connectivity index (χ3n) is 3.81. The molecular formula is C19H29O6P. The van der Waals surface area contributed by atoms with Crippen LogP contribution in [0.25, 0.3) is 0 Å². The van der Waals surface area contributed by atoms with Gasteiger partial charge in [0.25, 0.3) is 0 Å². The summed E-state index contributed by atoms with van der Waals surface area (Å²) < 4.78 is 23.8. The second kappa shape index (κ2) is 11.1. The lowest BCUT2D eigenvalue weighted by atomic mass is 10.1. The van der Waals surface area contributed by atoms with E-state index in [1.165, 1.54) is 5.56 Å². The first-order valence-electron chi connectivity index (χ1n) is 8.97. The Morgan fingerprint density at radius 2 is 1.81 bits per heavy atom. The van der Waals surface area contributed by atoms with Crippen molar-refractivity contribution < 1.29 is 28.5 Å². The normalized spacial score (nSPS) is 14.6. The summed E-state index contributed by atoms with van der Waals surface area (Å²) >= 11 is 0. The van der Waals surface area contributed by atoms with Gasteiger partial charge in [-0.25, -0.2) is 0 Å². The molecule has 0 aliphatic carbocycles. The van der Waals surface area contributed by atoms with E-state index in [9.17, 15) is 14.2 Å². The maximum Gasteiger partial charge on any atom is 0.313 e. The summed E-state index contributed by atoms with van der Waals surface area (Å²) in [5, 5.41) is 9.10. The van der Waals surface area contributed by atoms with Crippen molar-refractivity contribution in [1.82, 2.24) is 0 Å². The summed E-state index contributed by atoms with van der Waals surface area (Å²) in [5.74, 6) is -1.87. The molecule has 0 heterocycles. The van der Waals surface area contributed by atoms with Gasteiger partial charge in [-0.1, -0.05) is 51.1 Å². The number of hydrogen-bond acceptors (Lipinski definition) is 5. The van der Waals surface area contributed by atoms with Crippen molar-refractivity contribution in [2.24, 2.45) is 5.92 Å². The molecule has 1 rings (SSSR count). The van der Waals surface area contributed by atoms with Crippen LogP contribution in [0.4, 0.5) is 0 Å². The summed E-state index contributed by atoms with van der Waals surface area (Å²) in [5.41, 5.74) is 1.18. The van der Waals surface area contributed by atoms with E-state index in [1.54, 1.807) is 20.8 Å². The Morgan fingerprint density at radius 3 is 2.35 bits per heavy atom. The van der Waals surface area contributed by atoms with Crippen LogP contribution >= 0.6 is 7.37 Å². The molecule has 0 amide bonds. The van der Waals surface area contributed by atoms with E-state index in [0.717, 1.165) is 12.8 Å². The average Bonchev–Trinajstić information content (AvgIpc) is 2.58. The molecule has 0 saturated heterocycles. The van der Waals surface area contributed by atoms with Crippen LogP contribution in [0.3, 0.4) is 0 Å². The molecule has 0 aliphatic heterocycles. The maximum absolute atomic E-state index is 13.0. The molecular weight excluding hydrogens is 355 g/mol. The lowest BCUT2D eigenvalue weighted by Gasteiger charge is -2.26. The highest BCUT2D eigenvalue weighted by Gasteiger charge is 2.33. The number of esters is 1. The summed E-state index contributed by atoms with van der Waals surface area (Å²) in [6.07, 6.45) is 0.940. The average molecular weight is 384 g/mol. The quantitative estimate of drug-likeness (QED) is 0.250. The molecule has 2 atom stereocenters. The molecule has 0 aliphatic rings. The van der Waals surface area contributed by atoms with Crippen LogP contribution in [-0.2, 0) is 29.8 Å². The molecule has 0 radical (unpaired) electrons. The van der Waals surface area contributed by atoms with Gasteiger partial charge in [0.2, 0.25) is 13.7 Å². The highest BCUT2D eigenvalue weighted by Crippen LogP contribution is 2.49. The van der Waals surface area contributed by atoms with Gasteiger partial charge in [0.15, 0.2) is 0 Å². The maximum atomic E-state index is 13.0. The number of ether oxygens (including phenoxy) is 1. The van der Waals surface area contributed by atoms with Crippen molar-refractivity contribution >= 4 is 19.3 Å². The minimum absolute atomic E-state index is 0.152. The second-order valence-electron chi connectivity index (χ2n) is 6.59. The van der Waals surface area contributed by atoms with Gasteiger partial charge in [0, 0.05) is 18.5 Å². The smallest absolute Gasteiger partial charge is 0.313 e. The minimum atomic E-state index is -3.45. The molecule has 7 heteroatoms. The molecule has 146 valence electrons. The number of unbranched alkanes of at least 4 members (excludes halogenated alkanes) is 1. The van der Waals surface area contributed by atoms with E-state index in [-0.39, 0.29) is 18.5 Å². The van der Waals surface area contributed by atoms with Gasteiger partial charge in [0.1, 0.15) is 6.16 Å². The molecule has 0 saturated carbocycles. The number of carboxylic acids is 1. The van der Waals surface area contributed by atoms with Gasteiger partial charge >= 0.3 is 11.9 Å². The number of aryl methyl sites for hydroxylation is 1. The van der Waals surface area contributed by atoms with Gasteiger partial charge in [-0.3, -0.25) is 18.7 Å². The van der Waals surface area contributed by atoms with Gasteiger partial charge in [-0.05, 0) is 24.8 Å². The van der Waals surface area contributed by atoms with Crippen LogP contribution in [0.2, 0.25) is 0 Å². The number of rotatable bonds is 12. The van der Waals surface area contributed by atoms with E-state index >= 15 is 0 Å². The molecule has 1 aromatic carbocycles. The number of hydrogen-bond donors (Lipinski definition) is 1. The van der Waals surface area contributed by atoms with Crippen LogP contribution < -0.4 is 0 Å². The molecule has 1 aromatic rings. The highest BCUT2D eigenvalue weighted by molar-refractivity contribution is 7.59. The first-order valence-corrected chi connectivity index (χ1v) is 11.0. The predicted molar refractivity (Wildman–Crippen MR) is 100 cm³/mol. The topological polar surface area (TPSA) is 89.9 Å². The van der Waals surface area contributed by atoms with Gasteiger partial charge < -0.3 is 9.84 Å². The Hall–Kier alpha value is -1.65. The first-order chi connectivity index (χ1) is 12.3. The van der Waals surface area contributed by atoms with Crippen LogP contribution in [-0.4, -0.2) is 35.7 Å². The van der Waals surface area contributed by atoms with Crippen LogP contribution in [0, 0.1) is 5.92 Å². The number of aliphatic carboxylic acids is 1. The fourth-order valence-corrected chi connectivity index (χ4v) is 4.50. The molecule has 0 bridgehead atoms. The lowest BCUT2D eigenvalue weighted by molar-refractivity contribution is -0.169. The van der Waals surface area contributed by atoms with Crippen molar-refractivity contribution in [3.05, 3.63) is 35.9 Å². The van der Waals surface area contributed by atoms with Crippen molar-refractivity contribution in [3.63, 3.8) is 0 Å². The molecule has 0 unspecified atom stereocenters. The summed E-state index contributed by atoms with van der Waals surface area (Å²) in [4.78, 5) is 22.7. The standard InChI is InChI=1S/C19H29O6P/c1-4-18(22)24-19(15(2)3)25-26(23,14-17(20)21)13-9-8-12-16-10-6-5-7-11-16/h5-7,10-11,15,19H,4,8-9,12-14H2,1-3H3,(H,20,21)/t19-,26-/m0/s1. The highest BCUT2D eigenvalue weighted by atomic mass is 31.2. The minimum Gasteiger partial charge on any atom is -0.481 e. The molecule has 26 heavy (non-hydrogen) atoms. The molecule has 1 N–H and O–H groups in total. The zero-order valence-electron chi connectivity index (χ0n) is 15.7. The Bertz CT molecular complexity index is 614. The fourth-order valence-electron chi connectivity index (χ4n) is 2.38. The number of carbonyl (C=O) groups is 2.